The molecule has 3 aromatic rings. The molecule has 0 spiro atoms. The Kier molecular flexibility index (Phi) is 7.90. The van der Waals surface area contributed by atoms with Crippen molar-refractivity contribution in [3.63, 3.8) is 0 Å². The molecule has 2 amide bonds. The summed E-state index contributed by atoms with van der Waals surface area (Å²) in [6, 6.07) is 10.9. The number of hydrogen-bond donors (Lipinski definition) is 1. The zero-order valence-electron chi connectivity index (χ0n) is 20.7. The number of benzene rings is 1. The van der Waals surface area contributed by atoms with Crippen molar-refractivity contribution in [3.8, 4) is 17.0 Å². The van der Waals surface area contributed by atoms with Crippen LogP contribution in [-0.2, 0) is 11.2 Å². The molecule has 0 radical (unpaired) electrons. The Labute approximate surface area is 210 Å². The van der Waals surface area contributed by atoms with Crippen LogP contribution in [0, 0.1) is 5.92 Å². The Hall–Kier alpha value is -3.85. The first-order valence-electron chi connectivity index (χ1n) is 12.0. The minimum atomic E-state index is -0.409. The summed E-state index contributed by atoms with van der Waals surface area (Å²) in [6.45, 7) is 4.31. The summed E-state index contributed by atoms with van der Waals surface area (Å²) in [7, 11) is 1.76. The molecule has 3 atom stereocenters. The summed E-state index contributed by atoms with van der Waals surface area (Å²) >= 11 is 0. The van der Waals surface area contributed by atoms with E-state index in [0.717, 1.165) is 11.1 Å². The molecule has 0 aliphatic carbocycles. The highest BCUT2D eigenvalue weighted by atomic mass is 16.5. The molecule has 0 saturated carbocycles. The number of likely N-dealkylation sites (N-methyl/N-ethyl adjacent to an activating group) is 1. The Bertz CT molecular complexity index is 1190. The van der Waals surface area contributed by atoms with E-state index < -0.39 is 12.1 Å². The van der Waals surface area contributed by atoms with E-state index in [0.29, 0.717) is 30.6 Å². The van der Waals surface area contributed by atoms with E-state index in [2.05, 4.69) is 15.0 Å². The first-order valence-corrected chi connectivity index (χ1v) is 12.0. The maximum atomic E-state index is 13.6. The third-order valence-corrected chi connectivity index (χ3v) is 6.49. The summed E-state index contributed by atoms with van der Waals surface area (Å²) in [6.07, 6.45) is 6.24. The van der Waals surface area contributed by atoms with Crippen molar-refractivity contribution in [1.82, 2.24) is 24.8 Å². The standard InChI is InChI=1S/C27H31N5O4/c1-18-14-32(19(2)16-33)27(35)23-10-21(22-11-28-17-29-12-22)13-30-26(23)36-24(18)15-31(3)25(34)9-20-7-5-4-6-8-20/h4-8,10-13,17-19,24,33H,9,14-16H2,1-3H3/t18-,19+,24+/m0/s1. The van der Waals surface area contributed by atoms with Gasteiger partial charge in [-0.3, -0.25) is 9.59 Å². The molecule has 0 unspecified atom stereocenters. The Balaban J connectivity index is 1.62. The Morgan fingerprint density at radius 3 is 2.61 bits per heavy atom. The van der Waals surface area contributed by atoms with Gasteiger partial charge in [0.2, 0.25) is 11.8 Å². The Morgan fingerprint density at radius 2 is 1.92 bits per heavy atom. The monoisotopic (exact) mass is 489 g/mol. The molecular formula is C27H31N5O4. The molecule has 0 saturated heterocycles. The zero-order valence-corrected chi connectivity index (χ0v) is 20.7. The fourth-order valence-electron chi connectivity index (χ4n) is 4.20. The number of pyridine rings is 1. The van der Waals surface area contributed by atoms with Gasteiger partial charge in [0, 0.05) is 49.2 Å². The van der Waals surface area contributed by atoms with Crippen molar-refractivity contribution in [3.05, 3.63) is 72.4 Å². The summed E-state index contributed by atoms with van der Waals surface area (Å²) in [5.74, 6) is -0.205. The third-order valence-electron chi connectivity index (χ3n) is 6.49. The van der Waals surface area contributed by atoms with Gasteiger partial charge in [0.25, 0.3) is 5.91 Å². The van der Waals surface area contributed by atoms with E-state index >= 15 is 0 Å². The van der Waals surface area contributed by atoms with Crippen molar-refractivity contribution in [2.45, 2.75) is 32.4 Å². The number of ether oxygens (including phenoxy) is 1. The normalized spacial score (nSPS) is 18.4. The molecule has 9 heteroatoms. The number of amides is 2. The molecule has 0 fully saturated rings. The lowest BCUT2D eigenvalue weighted by atomic mass is 9.99. The number of hydrogen-bond acceptors (Lipinski definition) is 7. The van der Waals surface area contributed by atoms with E-state index in [1.807, 2.05) is 37.3 Å². The average molecular weight is 490 g/mol. The van der Waals surface area contributed by atoms with Crippen LogP contribution in [0.15, 0.2) is 61.3 Å². The summed E-state index contributed by atoms with van der Waals surface area (Å²) < 4.78 is 6.30. The van der Waals surface area contributed by atoms with E-state index in [9.17, 15) is 14.7 Å². The predicted molar refractivity (Wildman–Crippen MR) is 134 cm³/mol. The number of carbonyl (C=O) groups excluding carboxylic acids is 2. The van der Waals surface area contributed by atoms with Gasteiger partial charge >= 0.3 is 0 Å². The van der Waals surface area contributed by atoms with Crippen LogP contribution in [0.3, 0.4) is 0 Å². The van der Waals surface area contributed by atoms with E-state index in [1.54, 1.807) is 48.4 Å². The molecule has 1 aromatic carbocycles. The highest BCUT2D eigenvalue weighted by Gasteiger charge is 2.34. The third kappa shape index (κ3) is 5.68. The molecule has 1 N–H and O–H groups in total. The maximum absolute atomic E-state index is 13.6. The summed E-state index contributed by atoms with van der Waals surface area (Å²) in [5.41, 5.74) is 2.65. The van der Waals surface area contributed by atoms with Crippen LogP contribution in [0.1, 0.15) is 29.8 Å². The fourth-order valence-corrected chi connectivity index (χ4v) is 4.20. The van der Waals surface area contributed by atoms with Gasteiger partial charge in [0.1, 0.15) is 18.0 Å². The van der Waals surface area contributed by atoms with Gasteiger partial charge in [-0.15, -0.1) is 0 Å². The molecule has 36 heavy (non-hydrogen) atoms. The molecule has 4 rings (SSSR count). The van der Waals surface area contributed by atoms with E-state index in [1.165, 1.54) is 6.33 Å². The van der Waals surface area contributed by atoms with Crippen LogP contribution in [0.4, 0.5) is 0 Å². The highest BCUT2D eigenvalue weighted by Crippen LogP contribution is 2.30. The van der Waals surface area contributed by atoms with Crippen LogP contribution in [0.5, 0.6) is 5.88 Å². The van der Waals surface area contributed by atoms with E-state index in [4.69, 9.17) is 4.74 Å². The van der Waals surface area contributed by atoms with Gasteiger partial charge in [-0.25, -0.2) is 15.0 Å². The fraction of sp³-hybridized carbons (Fsp3) is 0.370. The number of fused-ring (bicyclic) bond motifs is 1. The second-order valence-corrected chi connectivity index (χ2v) is 9.26. The number of aliphatic hydroxyl groups is 1. The molecule has 3 heterocycles. The minimum Gasteiger partial charge on any atom is -0.472 e. The largest absolute Gasteiger partial charge is 0.472 e. The number of nitrogens with zero attached hydrogens (tertiary/aromatic N) is 5. The second-order valence-electron chi connectivity index (χ2n) is 9.26. The van der Waals surface area contributed by atoms with Crippen molar-refractivity contribution < 1.29 is 19.4 Å². The van der Waals surface area contributed by atoms with Crippen LogP contribution in [0.25, 0.3) is 11.1 Å². The SMILES string of the molecule is C[C@H](CO)N1C[C@H](C)[C@@H](CN(C)C(=O)Cc2ccccc2)Oc2ncc(-c3cncnc3)cc2C1=O. The first-order chi connectivity index (χ1) is 17.4. The average Bonchev–Trinajstić information content (AvgIpc) is 2.91. The molecule has 1 aliphatic rings. The minimum absolute atomic E-state index is 0.0247. The number of aromatic nitrogens is 3. The second kappa shape index (κ2) is 11.3. The smallest absolute Gasteiger partial charge is 0.259 e. The zero-order chi connectivity index (χ0) is 25.7. The number of aliphatic hydroxyl groups excluding tert-OH is 1. The molecule has 2 aromatic heterocycles. The lowest BCUT2D eigenvalue weighted by Crippen LogP contribution is -2.50. The van der Waals surface area contributed by atoms with Crippen LogP contribution in [0.2, 0.25) is 0 Å². The molecule has 188 valence electrons. The van der Waals surface area contributed by atoms with Crippen molar-refractivity contribution >= 4 is 11.8 Å². The Morgan fingerprint density at radius 1 is 1.19 bits per heavy atom. The van der Waals surface area contributed by atoms with Crippen LogP contribution >= 0.6 is 0 Å². The maximum Gasteiger partial charge on any atom is 0.259 e. The van der Waals surface area contributed by atoms with E-state index in [-0.39, 0.29) is 30.2 Å². The van der Waals surface area contributed by atoms with Crippen LogP contribution in [-0.4, -0.2) is 80.6 Å². The van der Waals surface area contributed by atoms with Crippen molar-refractivity contribution in [2.24, 2.45) is 5.92 Å². The van der Waals surface area contributed by atoms with Crippen molar-refractivity contribution in [2.75, 3.05) is 26.7 Å². The summed E-state index contributed by atoms with van der Waals surface area (Å²) in [5, 5.41) is 9.85. The first kappa shape index (κ1) is 25.2. The summed E-state index contributed by atoms with van der Waals surface area (Å²) in [4.78, 5) is 42.4. The topological polar surface area (TPSA) is 109 Å². The molecular weight excluding hydrogens is 458 g/mol. The lowest BCUT2D eigenvalue weighted by Gasteiger charge is -2.37. The van der Waals surface area contributed by atoms with Gasteiger partial charge in [-0.05, 0) is 18.6 Å². The lowest BCUT2D eigenvalue weighted by molar-refractivity contribution is -0.130. The predicted octanol–water partition coefficient (Wildman–Crippen LogP) is 2.46. The van der Waals surface area contributed by atoms with Crippen LogP contribution < -0.4 is 4.74 Å². The van der Waals surface area contributed by atoms with Gasteiger partial charge in [0.15, 0.2) is 0 Å². The number of carbonyl (C=O) groups is 2. The quantitative estimate of drug-likeness (QED) is 0.543. The molecule has 1 aliphatic heterocycles. The van der Waals surface area contributed by atoms with Gasteiger partial charge < -0.3 is 19.6 Å². The molecule has 0 bridgehead atoms. The molecule has 9 nitrogen and oxygen atoms in total. The number of rotatable bonds is 7. The van der Waals surface area contributed by atoms with Gasteiger partial charge in [-0.2, -0.15) is 0 Å². The van der Waals surface area contributed by atoms with Gasteiger partial charge in [0.05, 0.1) is 25.6 Å². The highest BCUT2D eigenvalue weighted by molar-refractivity contribution is 5.98. The van der Waals surface area contributed by atoms with Gasteiger partial charge in [-0.1, -0.05) is 37.3 Å². The van der Waals surface area contributed by atoms with Crippen molar-refractivity contribution in [1.29, 1.82) is 0 Å².